The number of amides is 3. The fraction of sp³-hybridized carbons (Fsp3) is 0.409. The van der Waals surface area contributed by atoms with Crippen molar-refractivity contribution < 1.29 is 57.0 Å². The number of ether oxygens (including phenoxy) is 3. The van der Waals surface area contributed by atoms with Crippen molar-refractivity contribution in [2.75, 3.05) is 6.54 Å². The monoisotopic (exact) mass is 877 g/mol. The molecule has 0 fully saturated rings. The molecular formula is C44H52FN5O11S. The fourth-order valence-electron chi connectivity index (χ4n) is 5.19. The molecule has 0 atom stereocenters. The maximum absolute atomic E-state index is 15.3. The van der Waals surface area contributed by atoms with E-state index in [0.717, 1.165) is 11.6 Å². The standard InChI is InChI=1S/C42H52FN5O7S.2CO2/c1-39(2,3)24-48(22-25-19-33(56-23-25)40(4,5)6)34(49)32-17-13-26-20-28(15-18-30(26)44-32)53-35(50)27-14-16-31(29(43)21-27)45-36(46-37(51)54-41(7,8)9)47-38(52)55-42(10,11)12;2*2-1-3/h13-21,23H,22,24H2,1-12H3,(H2,45,46,47,51,52);;. The van der Waals surface area contributed by atoms with Crippen molar-refractivity contribution in [2.24, 2.45) is 10.4 Å². The van der Waals surface area contributed by atoms with Crippen LogP contribution in [0, 0.1) is 11.2 Å². The number of halogens is 1. The molecule has 0 unspecified atom stereocenters. The number of aliphatic imine (C=N–C) groups is 1. The molecule has 18 heteroatoms. The first kappa shape index (κ1) is 51.5. The topological polar surface area (TPSA) is 217 Å². The van der Waals surface area contributed by atoms with Crippen LogP contribution in [0.2, 0.25) is 0 Å². The highest BCUT2D eigenvalue weighted by molar-refractivity contribution is 7.10. The van der Waals surface area contributed by atoms with Gasteiger partial charge in [-0.1, -0.05) is 47.6 Å². The molecule has 332 valence electrons. The number of fused-ring (bicyclic) bond motifs is 1. The predicted molar refractivity (Wildman–Crippen MR) is 226 cm³/mol. The number of nitrogens with one attached hydrogen (secondary N) is 2. The van der Waals surface area contributed by atoms with Gasteiger partial charge in [0.2, 0.25) is 5.96 Å². The highest BCUT2D eigenvalue weighted by Gasteiger charge is 2.26. The second kappa shape index (κ2) is 21.8. The first-order chi connectivity index (χ1) is 28.6. The molecule has 0 aliphatic rings. The Hall–Kier alpha value is -6.61. The second-order valence-electron chi connectivity index (χ2n) is 17.8. The highest BCUT2D eigenvalue weighted by Crippen LogP contribution is 2.30. The smallest absolute Gasteiger partial charge is 0.414 e. The van der Waals surface area contributed by atoms with Gasteiger partial charge in [0.05, 0.1) is 11.1 Å². The Morgan fingerprint density at radius 1 is 0.774 bits per heavy atom. The third-order valence-electron chi connectivity index (χ3n) is 7.46. The van der Waals surface area contributed by atoms with Gasteiger partial charge in [-0.25, -0.2) is 28.8 Å². The fourth-order valence-corrected chi connectivity index (χ4v) is 6.19. The maximum atomic E-state index is 15.3. The van der Waals surface area contributed by atoms with Crippen LogP contribution in [-0.4, -0.2) is 70.0 Å². The van der Waals surface area contributed by atoms with Crippen molar-refractivity contribution in [1.82, 2.24) is 20.5 Å². The van der Waals surface area contributed by atoms with E-state index in [9.17, 15) is 19.2 Å². The van der Waals surface area contributed by atoms with Gasteiger partial charge in [0.1, 0.15) is 34.2 Å². The van der Waals surface area contributed by atoms with E-state index in [1.54, 1.807) is 83.2 Å². The van der Waals surface area contributed by atoms with Crippen molar-refractivity contribution in [2.45, 2.75) is 106 Å². The number of pyridine rings is 1. The normalized spacial score (nSPS) is 11.2. The Kier molecular flexibility index (Phi) is 18.1. The number of benzene rings is 2. The van der Waals surface area contributed by atoms with E-state index in [1.807, 2.05) is 4.90 Å². The van der Waals surface area contributed by atoms with Gasteiger partial charge in [0.15, 0.2) is 0 Å². The first-order valence-corrected chi connectivity index (χ1v) is 19.8. The van der Waals surface area contributed by atoms with Gasteiger partial charge in [0, 0.05) is 23.4 Å². The Balaban J connectivity index is 0.00000208. The number of nitrogens with zero attached hydrogens (tertiary/aromatic N) is 3. The summed E-state index contributed by atoms with van der Waals surface area (Å²) in [6, 6.07) is 13.7. The molecule has 3 amide bonds. The minimum Gasteiger partial charge on any atom is -0.444 e. The number of guanidine groups is 1. The van der Waals surface area contributed by atoms with Gasteiger partial charge in [-0.05, 0) is 112 Å². The minimum atomic E-state index is -0.951. The van der Waals surface area contributed by atoms with Crippen molar-refractivity contribution in [3.63, 3.8) is 0 Å². The molecular weight excluding hydrogens is 826 g/mol. The van der Waals surface area contributed by atoms with Gasteiger partial charge >= 0.3 is 30.5 Å². The van der Waals surface area contributed by atoms with Crippen molar-refractivity contribution in [1.29, 1.82) is 0 Å². The van der Waals surface area contributed by atoms with Crippen LogP contribution < -0.4 is 15.4 Å². The zero-order valence-electron chi connectivity index (χ0n) is 36.8. The van der Waals surface area contributed by atoms with Gasteiger partial charge in [-0.2, -0.15) is 19.2 Å². The molecule has 62 heavy (non-hydrogen) atoms. The summed E-state index contributed by atoms with van der Waals surface area (Å²) in [6.45, 7) is 23.6. The minimum absolute atomic E-state index is 0.0161. The maximum Gasteiger partial charge on any atom is 0.414 e. The Morgan fingerprint density at radius 2 is 1.34 bits per heavy atom. The molecule has 0 aliphatic heterocycles. The molecule has 2 N–H and O–H groups in total. The molecule has 2 heterocycles. The van der Waals surface area contributed by atoms with E-state index in [-0.39, 0.29) is 46.0 Å². The number of thiophene rings is 1. The van der Waals surface area contributed by atoms with Crippen LogP contribution >= 0.6 is 11.3 Å². The summed E-state index contributed by atoms with van der Waals surface area (Å²) < 4.78 is 31.3. The molecule has 16 nitrogen and oxygen atoms in total. The van der Waals surface area contributed by atoms with Crippen LogP contribution in [0.3, 0.4) is 0 Å². The Labute approximate surface area is 363 Å². The van der Waals surface area contributed by atoms with Crippen LogP contribution in [0.25, 0.3) is 10.9 Å². The number of aromatic nitrogens is 1. The van der Waals surface area contributed by atoms with E-state index in [0.29, 0.717) is 29.7 Å². The quantitative estimate of drug-likeness (QED) is 0.0773. The number of rotatable bonds is 7. The SMILES string of the molecule is CC(C)(C)CN(Cc1csc(C(C)(C)C)c1)C(=O)c1ccc2cc(OC(=O)c3ccc(N=C(NC(=O)OC(C)(C)C)NC(=O)OC(C)(C)C)c(F)c3)ccc2n1.O=C=O.O=C=O. The summed E-state index contributed by atoms with van der Waals surface area (Å²) in [5.41, 5.74) is -0.406. The lowest BCUT2D eigenvalue weighted by molar-refractivity contribution is -0.193. The predicted octanol–water partition coefficient (Wildman–Crippen LogP) is 8.51. The van der Waals surface area contributed by atoms with Gasteiger partial charge in [-0.3, -0.25) is 15.4 Å². The van der Waals surface area contributed by atoms with E-state index in [4.69, 9.17) is 33.4 Å². The van der Waals surface area contributed by atoms with E-state index < -0.39 is 41.1 Å². The molecule has 0 aliphatic carbocycles. The summed E-state index contributed by atoms with van der Waals surface area (Å²) in [5.74, 6) is -2.26. The van der Waals surface area contributed by atoms with E-state index in [2.05, 4.69) is 73.6 Å². The second-order valence-corrected chi connectivity index (χ2v) is 18.7. The number of carbonyl (C=O) groups excluding carboxylic acids is 8. The number of hydrogen-bond donors (Lipinski definition) is 2. The molecule has 0 spiro atoms. The number of alkyl carbamates (subject to hydrolysis) is 2. The third-order valence-corrected chi connectivity index (χ3v) is 8.87. The van der Waals surface area contributed by atoms with E-state index >= 15 is 4.39 Å². The van der Waals surface area contributed by atoms with Crippen LogP contribution in [0.5, 0.6) is 5.75 Å². The van der Waals surface area contributed by atoms with Gasteiger partial charge in [-0.15, -0.1) is 11.3 Å². The zero-order valence-corrected chi connectivity index (χ0v) is 37.6. The largest absolute Gasteiger partial charge is 0.444 e. The summed E-state index contributed by atoms with van der Waals surface area (Å²) in [7, 11) is 0. The van der Waals surface area contributed by atoms with Gasteiger partial charge < -0.3 is 19.1 Å². The number of carbonyl (C=O) groups is 4. The van der Waals surface area contributed by atoms with Crippen molar-refractivity contribution >= 4 is 70.3 Å². The summed E-state index contributed by atoms with van der Waals surface area (Å²) in [6.07, 6.45) is -1.40. The highest BCUT2D eigenvalue weighted by atomic mass is 32.1. The summed E-state index contributed by atoms with van der Waals surface area (Å²) in [4.78, 5) is 96.1. The first-order valence-electron chi connectivity index (χ1n) is 18.9. The zero-order chi connectivity index (χ0) is 47.2. The molecule has 4 rings (SSSR count). The van der Waals surface area contributed by atoms with Gasteiger partial charge in [0.25, 0.3) is 5.91 Å². The lowest BCUT2D eigenvalue weighted by Gasteiger charge is -2.30. The average molecular weight is 878 g/mol. The van der Waals surface area contributed by atoms with Crippen LogP contribution in [0.15, 0.2) is 65.0 Å². The van der Waals surface area contributed by atoms with Crippen LogP contribution in [0.4, 0.5) is 19.7 Å². The summed E-state index contributed by atoms with van der Waals surface area (Å²) in [5, 5.41) is 7.29. The molecule has 2 aromatic carbocycles. The third kappa shape index (κ3) is 17.9. The van der Waals surface area contributed by atoms with Crippen LogP contribution in [-0.2, 0) is 40.6 Å². The molecule has 0 saturated carbocycles. The molecule has 4 aromatic rings. The van der Waals surface area contributed by atoms with E-state index in [1.165, 1.54) is 17.0 Å². The number of esters is 1. The Morgan fingerprint density at radius 3 is 1.82 bits per heavy atom. The van der Waals surface area contributed by atoms with Crippen molar-refractivity contribution in [3.8, 4) is 5.75 Å². The van der Waals surface area contributed by atoms with Crippen LogP contribution in [0.1, 0.15) is 114 Å². The number of hydrogen-bond acceptors (Lipinski definition) is 14. The summed E-state index contributed by atoms with van der Waals surface area (Å²) >= 11 is 1.69. The average Bonchev–Trinajstić information content (AvgIpc) is 3.59. The Bertz CT molecular complexity index is 2290. The van der Waals surface area contributed by atoms with Crippen molar-refractivity contribution in [3.05, 3.63) is 87.5 Å². The lowest BCUT2D eigenvalue weighted by atomic mass is 9.94. The molecule has 2 aromatic heterocycles. The molecule has 0 radical (unpaired) electrons. The molecule has 0 bridgehead atoms. The molecule has 0 saturated heterocycles. The lowest BCUT2D eigenvalue weighted by Crippen LogP contribution is -2.47.